The van der Waals surface area contributed by atoms with E-state index in [1.54, 1.807) is 24.3 Å². The molecule has 0 spiro atoms. The lowest BCUT2D eigenvalue weighted by Crippen LogP contribution is -2.30. The van der Waals surface area contributed by atoms with Gasteiger partial charge in [0, 0.05) is 6.42 Å². The number of carbonyl (C=O) groups is 2. The van der Waals surface area contributed by atoms with Crippen molar-refractivity contribution in [3.05, 3.63) is 24.3 Å². The van der Waals surface area contributed by atoms with Crippen molar-refractivity contribution >= 4 is 17.6 Å². The van der Waals surface area contributed by atoms with Gasteiger partial charge in [-0.05, 0) is 25.5 Å². The Kier molecular flexibility index (Phi) is 5.85. The van der Waals surface area contributed by atoms with Crippen molar-refractivity contribution in [3.8, 4) is 5.75 Å². The number of para-hydroxylation sites is 2. The largest absolute Gasteiger partial charge is 0.495 e. The Morgan fingerprint density at radius 3 is 2.63 bits per heavy atom. The summed E-state index contributed by atoms with van der Waals surface area (Å²) >= 11 is 0. The lowest BCUT2D eigenvalue weighted by Gasteiger charge is -2.14. The fraction of sp³-hybridized carbons (Fsp3) is 0.429. The first-order valence-electron chi connectivity index (χ1n) is 6.21. The molecule has 1 amide bonds. The van der Waals surface area contributed by atoms with Crippen LogP contribution >= 0.6 is 0 Å². The molecule has 0 saturated heterocycles. The van der Waals surface area contributed by atoms with E-state index in [-0.39, 0.29) is 11.9 Å². The van der Waals surface area contributed by atoms with Crippen molar-refractivity contribution in [2.24, 2.45) is 0 Å². The van der Waals surface area contributed by atoms with Gasteiger partial charge in [0.05, 0.1) is 12.8 Å². The van der Waals surface area contributed by atoms with Crippen LogP contribution in [0.4, 0.5) is 5.69 Å². The lowest BCUT2D eigenvalue weighted by atomic mass is 10.2. The summed E-state index contributed by atoms with van der Waals surface area (Å²) in [5.41, 5.74) is 0.549. The normalized spacial score (nSPS) is 11.5. The first-order chi connectivity index (χ1) is 9.08. The molecule has 0 aromatic heterocycles. The maximum atomic E-state index is 11.9. The van der Waals surface area contributed by atoms with E-state index in [2.05, 4.69) is 5.32 Å². The molecule has 1 rings (SSSR count). The Bertz CT molecular complexity index is 445. The lowest BCUT2D eigenvalue weighted by molar-refractivity contribution is -0.153. The zero-order valence-corrected chi connectivity index (χ0v) is 11.4. The van der Waals surface area contributed by atoms with Crippen LogP contribution in [-0.2, 0) is 14.3 Å². The highest BCUT2D eigenvalue weighted by atomic mass is 16.5. The Morgan fingerprint density at radius 1 is 1.32 bits per heavy atom. The number of anilines is 1. The molecule has 5 nitrogen and oxygen atoms in total. The molecule has 0 bridgehead atoms. The SMILES string of the molecule is CCCC(=O)OC(C)C(=O)Nc1ccccc1OC. The van der Waals surface area contributed by atoms with Crippen LogP contribution < -0.4 is 10.1 Å². The van der Waals surface area contributed by atoms with Gasteiger partial charge in [-0.25, -0.2) is 0 Å². The molecule has 1 aromatic carbocycles. The summed E-state index contributed by atoms with van der Waals surface area (Å²) in [6.07, 6.45) is 0.176. The van der Waals surface area contributed by atoms with E-state index in [9.17, 15) is 9.59 Å². The molecule has 1 aromatic rings. The maximum Gasteiger partial charge on any atom is 0.306 e. The fourth-order valence-electron chi connectivity index (χ4n) is 1.50. The topological polar surface area (TPSA) is 64.6 Å². The van der Waals surface area contributed by atoms with E-state index in [4.69, 9.17) is 9.47 Å². The molecular formula is C14H19NO4. The van der Waals surface area contributed by atoms with Crippen molar-refractivity contribution in [1.29, 1.82) is 0 Å². The Balaban J connectivity index is 2.61. The Hall–Kier alpha value is -2.04. The summed E-state index contributed by atoms with van der Waals surface area (Å²) < 4.78 is 10.1. The summed E-state index contributed by atoms with van der Waals surface area (Å²) in [7, 11) is 1.52. The number of amides is 1. The average Bonchev–Trinajstić information content (AvgIpc) is 2.39. The minimum atomic E-state index is -0.830. The molecule has 1 N–H and O–H groups in total. The molecule has 0 aliphatic rings. The number of hydrogen-bond donors (Lipinski definition) is 1. The number of rotatable bonds is 6. The van der Waals surface area contributed by atoms with Crippen LogP contribution in [0.5, 0.6) is 5.75 Å². The monoisotopic (exact) mass is 265 g/mol. The van der Waals surface area contributed by atoms with E-state index in [0.717, 1.165) is 0 Å². The molecule has 19 heavy (non-hydrogen) atoms. The van der Waals surface area contributed by atoms with Crippen LogP contribution in [-0.4, -0.2) is 25.1 Å². The Labute approximate surface area is 112 Å². The molecule has 0 aliphatic carbocycles. The van der Waals surface area contributed by atoms with Crippen molar-refractivity contribution in [2.45, 2.75) is 32.8 Å². The van der Waals surface area contributed by atoms with Gasteiger partial charge in [-0.15, -0.1) is 0 Å². The van der Waals surface area contributed by atoms with Crippen LogP contribution in [0.1, 0.15) is 26.7 Å². The third-order valence-electron chi connectivity index (χ3n) is 2.50. The van der Waals surface area contributed by atoms with Crippen LogP contribution in [0.3, 0.4) is 0 Å². The van der Waals surface area contributed by atoms with E-state index >= 15 is 0 Å². The first kappa shape index (κ1) is 15.0. The zero-order chi connectivity index (χ0) is 14.3. The molecule has 104 valence electrons. The summed E-state index contributed by atoms with van der Waals surface area (Å²) in [6.45, 7) is 3.42. The van der Waals surface area contributed by atoms with Gasteiger partial charge in [-0.3, -0.25) is 9.59 Å². The second-order valence-electron chi connectivity index (χ2n) is 4.07. The number of hydrogen-bond acceptors (Lipinski definition) is 4. The fourth-order valence-corrected chi connectivity index (χ4v) is 1.50. The van der Waals surface area contributed by atoms with Gasteiger partial charge in [0.1, 0.15) is 5.75 Å². The predicted molar refractivity (Wildman–Crippen MR) is 72.1 cm³/mol. The van der Waals surface area contributed by atoms with E-state index in [0.29, 0.717) is 24.3 Å². The van der Waals surface area contributed by atoms with Gasteiger partial charge in [0.15, 0.2) is 6.10 Å². The van der Waals surface area contributed by atoms with Crippen LogP contribution in [0.15, 0.2) is 24.3 Å². The summed E-state index contributed by atoms with van der Waals surface area (Å²) in [4.78, 5) is 23.2. The predicted octanol–water partition coefficient (Wildman–Crippen LogP) is 2.37. The molecular weight excluding hydrogens is 246 g/mol. The highest BCUT2D eigenvalue weighted by Crippen LogP contribution is 2.23. The maximum absolute atomic E-state index is 11.9. The van der Waals surface area contributed by atoms with Gasteiger partial charge in [0.25, 0.3) is 5.91 Å². The second-order valence-corrected chi connectivity index (χ2v) is 4.07. The number of esters is 1. The van der Waals surface area contributed by atoms with Crippen LogP contribution in [0.25, 0.3) is 0 Å². The van der Waals surface area contributed by atoms with Gasteiger partial charge < -0.3 is 14.8 Å². The smallest absolute Gasteiger partial charge is 0.306 e. The average molecular weight is 265 g/mol. The second kappa shape index (κ2) is 7.41. The van der Waals surface area contributed by atoms with Gasteiger partial charge in [-0.2, -0.15) is 0 Å². The molecule has 0 aliphatic heterocycles. The minimum absolute atomic E-state index is 0.312. The third-order valence-corrected chi connectivity index (χ3v) is 2.50. The summed E-state index contributed by atoms with van der Waals surface area (Å²) in [5.74, 6) is -0.193. The Morgan fingerprint density at radius 2 is 2.00 bits per heavy atom. The molecule has 1 unspecified atom stereocenters. The van der Waals surface area contributed by atoms with Gasteiger partial charge in [-0.1, -0.05) is 19.1 Å². The van der Waals surface area contributed by atoms with Gasteiger partial charge in [0.2, 0.25) is 0 Å². The third kappa shape index (κ3) is 4.62. The van der Waals surface area contributed by atoms with E-state index in [1.807, 2.05) is 6.92 Å². The summed E-state index contributed by atoms with van der Waals surface area (Å²) in [6, 6.07) is 7.05. The number of benzene rings is 1. The molecule has 0 heterocycles. The quantitative estimate of drug-likeness (QED) is 0.802. The van der Waals surface area contributed by atoms with Crippen molar-refractivity contribution < 1.29 is 19.1 Å². The summed E-state index contributed by atoms with van der Waals surface area (Å²) in [5, 5.41) is 2.67. The molecule has 1 atom stereocenters. The van der Waals surface area contributed by atoms with Crippen molar-refractivity contribution in [2.75, 3.05) is 12.4 Å². The molecule has 0 radical (unpaired) electrons. The number of carbonyl (C=O) groups excluding carboxylic acids is 2. The van der Waals surface area contributed by atoms with Gasteiger partial charge >= 0.3 is 5.97 Å². The van der Waals surface area contributed by atoms with Crippen LogP contribution in [0, 0.1) is 0 Å². The molecule has 0 saturated carbocycles. The minimum Gasteiger partial charge on any atom is -0.495 e. The van der Waals surface area contributed by atoms with E-state index < -0.39 is 6.10 Å². The zero-order valence-electron chi connectivity index (χ0n) is 11.4. The molecule has 5 heteroatoms. The van der Waals surface area contributed by atoms with Crippen molar-refractivity contribution in [3.63, 3.8) is 0 Å². The first-order valence-corrected chi connectivity index (χ1v) is 6.21. The number of methoxy groups -OCH3 is 1. The number of ether oxygens (including phenoxy) is 2. The highest BCUT2D eigenvalue weighted by molar-refractivity contribution is 5.96. The van der Waals surface area contributed by atoms with Crippen LogP contribution in [0.2, 0.25) is 0 Å². The highest BCUT2D eigenvalue weighted by Gasteiger charge is 2.18. The van der Waals surface area contributed by atoms with E-state index in [1.165, 1.54) is 14.0 Å². The van der Waals surface area contributed by atoms with Crippen molar-refractivity contribution in [1.82, 2.24) is 0 Å². The number of nitrogens with one attached hydrogen (secondary N) is 1. The molecule has 0 fully saturated rings. The standard InChI is InChI=1S/C14H19NO4/c1-4-7-13(16)19-10(2)14(17)15-11-8-5-6-9-12(11)18-3/h5-6,8-10H,4,7H2,1-3H3,(H,15,17).